The normalized spacial score (nSPS) is 20.2. The molecule has 5 amide bonds. The van der Waals surface area contributed by atoms with Crippen molar-refractivity contribution in [1.82, 2.24) is 39.8 Å². The van der Waals surface area contributed by atoms with Gasteiger partial charge in [0.1, 0.15) is 18.4 Å². The molecule has 5 aliphatic heterocycles. The molecule has 5 aromatic rings. The van der Waals surface area contributed by atoms with E-state index in [1.54, 1.807) is 12.1 Å². The minimum Gasteiger partial charge on any atom is -0.371 e. The predicted molar refractivity (Wildman–Crippen MR) is 243 cm³/mol. The first kappa shape index (κ1) is 41.8. The number of rotatable bonds is 8. The van der Waals surface area contributed by atoms with Gasteiger partial charge in [0.15, 0.2) is 5.82 Å². The Balaban J connectivity index is 0.708. The van der Waals surface area contributed by atoms with Gasteiger partial charge in [-0.25, -0.2) is 4.98 Å². The topological polar surface area (TPSA) is 166 Å². The molecule has 16 heteroatoms. The van der Waals surface area contributed by atoms with Crippen LogP contribution in [0.5, 0.6) is 0 Å². The molecule has 8 heterocycles. The van der Waals surface area contributed by atoms with Crippen LogP contribution in [-0.4, -0.2) is 115 Å². The fraction of sp³-hybridized carbons (Fsp3) is 0.417. The SMILES string of the molecule is Cc1cc(C)c(-c2cc3cc(Nc4cc5n(n4)CC(=O)N(C4CCN(CC6CCN(c7ccc8c(c7)C(=O)N(C7CCC(=O)NC7=O)C8=O)CC6)CC4)CC5)ncc3c(C)c2Cl)cn1. The molecule has 2 N–H and O–H groups in total. The Bertz CT molecular complexity index is 2750. The van der Waals surface area contributed by atoms with E-state index in [-0.39, 0.29) is 31.3 Å². The molecule has 3 fully saturated rings. The number of likely N-dealkylation sites (tertiary alicyclic amines) is 1. The van der Waals surface area contributed by atoms with Crippen molar-refractivity contribution < 1.29 is 24.0 Å². The summed E-state index contributed by atoms with van der Waals surface area (Å²) in [5.74, 6) is -0.00922. The minimum atomic E-state index is -0.975. The first-order chi connectivity index (χ1) is 30.9. The third kappa shape index (κ3) is 7.78. The number of aromatic nitrogens is 4. The van der Waals surface area contributed by atoms with Crippen LogP contribution in [0.3, 0.4) is 0 Å². The molecular weight excluding hydrogens is 832 g/mol. The molecule has 0 bridgehead atoms. The van der Waals surface area contributed by atoms with Crippen molar-refractivity contribution in [2.45, 2.75) is 84.3 Å². The number of anilines is 3. The zero-order chi connectivity index (χ0) is 44.4. The van der Waals surface area contributed by atoms with E-state index in [2.05, 4.69) is 54.4 Å². The Labute approximate surface area is 376 Å². The number of imide groups is 2. The predicted octanol–water partition coefficient (Wildman–Crippen LogP) is 5.98. The van der Waals surface area contributed by atoms with Gasteiger partial charge in [0.05, 0.1) is 16.1 Å². The molecule has 2 aromatic carbocycles. The van der Waals surface area contributed by atoms with Crippen molar-refractivity contribution in [3.05, 3.63) is 93.5 Å². The number of piperidine rings is 3. The average Bonchev–Trinajstić information content (AvgIpc) is 3.71. The van der Waals surface area contributed by atoms with Crippen molar-refractivity contribution >= 4 is 69.2 Å². The standard InChI is InChI=1S/C48H51ClN10O5/c1-27-18-28(2)50-23-38(27)36-19-31-20-41(51-24-39(31)29(3)45(36)49)52-42-22-34-12-17-57(44(61)26-58(34)54-42)32-10-13-55(14-11-32)25-30-8-15-56(16-9-30)33-4-5-35-37(21-33)48(64)59(47(35)63)40-6-7-43(60)53-46(40)62/h4-5,18-24,30,32,40H,6-17,25-26H2,1-3H3,(H,51,52,54)(H,53,60,62). The van der Waals surface area contributed by atoms with Gasteiger partial charge in [0, 0.05) is 110 Å². The highest BCUT2D eigenvalue weighted by atomic mass is 35.5. The van der Waals surface area contributed by atoms with Gasteiger partial charge in [-0.1, -0.05) is 11.6 Å². The van der Waals surface area contributed by atoms with Crippen LogP contribution >= 0.6 is 11.6 Å². The summed E-state index contributed by atoms with van der Waals surface area (Å²) in [6, 6.07) is 12.8. The van der Waals surface area contributed by atoms with E-state index in [1.807, 2.05) is 49.1 Å². The minimum absolute atomic E-state index is 0.0908. The quantitative estimate of drug-likeness (QED) is 0.176. The van der Waals surface area contributed by atoms with Crippen molar-refractivity contribution in [3.63, 3.8) is 0 Å². The summed E-state index contributed by atoms with van der Waals surface area (Å²) >= 11 is 6.89. The van der Waals surface area contributed by atoms with E-state index in [0.29, 0.717) is 40.2 Å². The molecule has 1 atom stereocenters. The molecule has 0 aliphatic carbocycles. The maximum atomic E-state index is 13.7. The maximum absolute atomic E-state index is 13.7. The van der Waals surface area contributed by atoms with Gasteiger partial charge in [-0.2, -0.15) is 5.10 Å². The Morgan fingerprint density at radius 3 is 2.31 bits per heavy atom. The third-order valence-electron chi connectivity index (χ3n) is 14.0. The molecule has 5 aliphatic rings. The number of hydrogen-bond acceptors (Lipinski definition) is 11. The van der Waals surface area contributed by atoms with Crippen LogP contribution in [0.15, 0.2) is 54.9 Å². The van der Waals surface area contributed by atoms with Crippen LogP contribution in [0.4, 0.5) is 17.3 Å². The largest absolute Gasteiger partial charge is 0.371 e. The third-order valence-corrected chi connectivity index (χ3v) is 14.5. The summed E-state index contributed by atoms with van der Waals surface area (Å²) < 4.78 is 1.83. The highest BCUT2D eigenvalue weighted by molar-refractivity contribution is 6.35. The number of amides is 5. The number of pyridine rings is 2. The fourth-order valence-electron chi connectivity index (χ4n) is 10.4. The first-order valence-corrected chi connectivity index (χ1v) is 22.7. The summed E-state index contributed by atoms with van der Waals surface area (Å²) in [4.78, 5) is 81.5. The lowest BCUT2D eigenvalue weighted by Crippen LogP contribution is -2.54. The van der Waals surface area contributed by atoms with Crippen molar-refractivity contribution in [2.24, 2.45) is 5.92 Å². The number of nitrogens with one attached hydrogen (secondary N) is 2. The number of hydrogen-bond donors (Lipinski definition) is 2. The van der Waals surface area contributed by atoms with Gasteiger partial charge in [0.25, 0.3) is 11.8 Å². The molecular formula is C48H51ClN10O5. The highest BCUT2D eigenvalue weighted by Crippen LogP contribution is 2.38. The second kappa shape index (κ2) is 16.7. The summed E-state index contributed by atoms with van der Waals surface area (Å²) in [7, 11) is 0. The Morgan fingerprint density at radius 2 is 1.55 bits per heavy atom. The molecule has 1 unspecified atom stereocenters. The smallest absolute Gasteiger partial charge is 0.262 e. The first-order valence-electron chi connectivity index (χ1n) is 22.4. The van der Waals surface area contributed by atoms with Crippen molar-refractivity contribution in [3.8, 4) is 11.1 Å². The van der Waals surface area contributed by atoms with Crippen LogP contribution in [0.1, 0.15) is 81.8 Å². The molecule has 0 spiro atoms. The maximum Gasteiger partial charge on any atom is 0.262 e. The Kier molecular flexibility index (Phi) is 10.9. The summed E-state index contributed by atoms with van der Waals surface area (Å²) in [6.07, 6.45) is 8.58. The lowest BCUT2D eigenvalue weighted by Gasteiger charge is -2.41. The second-order valence-corrected chi connectivity index (χ2v) is 18.5. The Hall–Kier alpha value is -6.19. The van der Waals surface area contributed by atoms with E-state index in [1.165, 1.54) is 0 Å². The molecule has 64 heavy (non-hydrogen) atoms. The molecule has 10 rings (SSSR count). The van der Waals surface area contributed by atoms with Crippen LogP contribution in [0.2, 0.25) is 5.02 Å². The average molecular weight is 883 g/mol. The van der Waals surface area contributed by atoms with Gasteiger partial charge in [-0.15, -0.1) is 0 Å². The summed E-state index contributed by atoms with van der Waals surface area (Å²) in [6.45, 7) is 11.5. The van der Waals surface area contributed by atoms with E-state index < -0.39 is 29.7 Å². The number of halogens is 1. The lowest BCUT2D eigenvalue weighted by molar-refractivity contribution is -0.136. The summed E-state index contributed by atoms with van der Waals surface area (Å²) in [5.41, 5.74) is 7.50. The van der Waals surface area contributed by atoms with E-state index in [0.717, 1.165) is 120 Å². The number of fused-ring (bicyclic) bond motifs is 3. The van der Waals surface area contributed by atoms with Crippen LogP contribution in [0.25, 0.3) is 21.9 Å². The van der Waals surface area contributed by atoms with Crippen molar-refractivity contribution in [2.75, 3.05) is 49.5 Å². The molecule has 3 saturated heterocycles. The Morgan fingerprint density at radius 1 is 0.766 bits per heavy atom. The lowest BCUT2D eigenvalue weighted by atomic mass is 9.94. The van der Waals surface area contributed by atoms with Crippen LogP contribution in [0, 0.1) is 26.7 Å². The van der Waals surface area contributed by atoms with Gasteiger partial charge in [-0.3, -0.25) is 43.9 Å². The highest BCUT2D eigenvalue weighted by Gasteiger charge is 2.45. The fourth-order valence-corrected chi connectivity index (χ4v) is 10.7. The molecule has 330 valence electrons. The van der Waals surface area contributed by atoms with Crippen LogP contribution < -0.4 is 15.5 Å². The zero-order valence-corrected chi connectivity index (χ0v) is 37.1. The molecule has 15 nitrogen and oxygen atoms in total. The van der Waals surface area contributed by atoms with Gasteiger partial charge in [-0.05, 0) is 112 Å². The molecule has 3 aromatic heterocycles. The number of nitrogens with zero attached hydrogens (tertiary/aromatic N) is 8. The monoisotopic (exact) mass is 882 g/mol. The molecule has 0 saturated carbocycles. The second-order valence-electron chi connectivity index (χ2n) is 18.1. The number of carbonyl (C=O) groups is 5. The van der Waals surface area contributed by atoms with Gasteiger partial charge in [0.2, 0.25) is 17.7 Å². The number of carbonyl (C=O) groups excluding carboxylic acids is 5. The van der Waals surface area contributed by atoms with E-state index >= 15 is 0 Å². The number of aryl methyl sites for hydroxylation is 3. The summed E-state index contributed by atoms with van der Waals surface area (Å²) in [5, 5.41) is 13.1. The van der Waals surface area contributed by atoms with Gasteiger partial charge < -0.3 is 20.0 Å². The molecule has 0 radical (unpaired) electrons. The number of benzene rings is 2. The van der Waals surface area contributed by atoms with Crippen LogP contribution in [-0.2, 0) is 27.3 Å². The van der Waals surface area contributed by atoms with Crippen molar-refractivity contribution in [1.29, 1.82) is 0 Å². The van der Waals surface area contributed by atoms with E-state index in [9.17, 15) is 24.0 Å². The van der Waals surface area contributed by atoms with Gasteiger partial charge >= 0.3 is 0 Å². The zero-order valence-electron chi connectivity index (χ0n) is 36.3. The van der Waals surface area contributed by atoms with E-state index in [4.69, 9.17) is 16.7 Å².